The van der Waals surface area contributed by atoms with Gasteiger partial charge in [0.2, 0.25) is 0 Å². The largest absolute Gasteiger partial charge is 0.479 e. The van der Waals surface area contributed by atoms with Gasteiger partial charge in [-0.15, -0.1) is 0 Å². The lowest BCUT2D eigenvalue weighted by Gasteiger charge is -2.40. The van der Waals surface area contributed by atoms with Crippen molar-refractivity contribution in [3.05, 3.63) is 0 Å². The normalized spacial score (nSPS) is 28.4. The van der Waals surface area contributed by atoms with E-state index in [1.54, 1.807) is 4.90 Å². The Bertz CT molecular complexity index is 404. The molecule has 0 radical (unpaired) electrons. The van der Waals surface area contributed by atoms with Gasteiger partial charge in [-0.1, -0.05) is 32.6 Å². The number of hydrogen-bond donors (Lipinski definition) is 2. The molecule has 1 saturated carbocycles. The first-order valence-electron chi connectivity index (χ1n) is 8.27. The lowest BCUT2D eigenvalue weighted by molar-refractivity contribution is -0.148. The van der Waals surface area contributed by atoms with Crippen LogP contribution in [0.3, 0.4) is 0 Å². The number of likely N-dealkylation sites (tertiary alicyclic amines) is 1. The van der Waals surface area contributed by atoms with E-state index in [0.717, 1.165) is 38.5 Å². The molecule has 0 aromatic rings. The van der Waals surface area contributed by atoms with E-state index in [1.165, 1.54) is 6.42 Å². The first-order chi connectivity index (χ1) is 9.93. The van der Waals surface area contributed by atoms with Crippen molar-refractivity contribution < 1.29 is 14.7 Å². The summed E-state index contributed by atoms with van der Waals surface area (Å²) in [5.41, 5.74) is -1.17. The number of urea groups is 1. The fourth-order valence-corrected chi connectivity index (χ4v) is 3.96. The quantitative estimate of drug-likeness (QED) is 0.837. The highest BCUT2D eigenvalue weighted by Gasteiger charge is 2.50. The van der Waals surface area contributed by atoms with E-state index >= 15 is 0 Å². The molecule has 0 spiro atoms. The topological polar surface area (TPSA) is 69.6 Å². The number of aliphatic carboxylic acids is 1. The maximum absolute atomic E-state index is 12.7. The van der Waals surface area contributed by atoms with Gasteiger partial charge in [-0.3, -0.25) is 0 Å². The Hall–Kier alpha value is -1.26. The molecule has 0 aromatic heterocycles. The average Bonchev–Trinajstić information content (AvgIpc) is 2.84. The van der Waals surface area contributed by atoms with Crippen molar-refractivity contribution in [2.45, 2.75) is 82.7 Å². The summed E-state index contributed by atoms with van der Waals surface area (Å²) >= 11 is 0. The highest BCUT2D eigenvalue weighted by atomic mass is 16.4. The predicted octanol–water partition coefficient (Wildman–Crippen LogP) is 3.14. The van der Waals surface area contributed by atoms with E-state index in [9.17, 15) is 14.7 Å². The third-order valence-corrected chi connectivity index (χ3v) is 5.16. The molecule has 5 heteroatoms. The van der Waals surface area contributed by atoms with Crippen molar-refractivity contribution in [3.63, 3.8) is 0 Å². The summed E-state index contributed by atoms with van der Waals surface area (Å²) in [6.07, 6.45) is 8.12. The molecule has 1 unspecified atom stereocenters. The number of carboxylic acid groups (broad SMARTS) is 1. The smallest absolute Gasteiger partial charge is 0.329 e. The van der Waals surface area contributed by atoms with Crippen LogP contribution < -0.4 is 5.32 Å². The summed E-state index contributed by atoms with van der Waals surface area (Å²) in [6, 6.07) is -0.187. The van der Waals surface area contributed by atoms with E-state index in [-0.39, 0.29) is 11.6 Å². The van der Waals surface area contributed by atoms with Gasteiger partial charge in [-0.2, -0.15) is 0 Å². The molecule has 1 saturated heterocycles. The summed E-state index contributed by atoms with van der Waals surface area (Å²) in [7, 11) is 0. The zero-order valence-electron chi connectivity index (χ0n) is 13.3. The van der Waals surface area contributed by atoms with Crippen LogP contribution in [0.2, 0.25) is 0 Å². The minimum Gasteiger partial charge on any atom is -0.479 e. The number of amides is 2. The zero-order chi connectivity index (χ0) is 15.5. The van der Waals surface area contributed by atoms with Gasteiger partial charge in [-0.05, 0) is 39.0 Å². The van der Waals surface area contributed by atoms with Crippen molar-refractivity contribution >= 4 is 12.0 Å². The van der Waals surface area contributed by atoms with Gasteiger partial charge < -0.3 is 15.3 Å². The van der Waals surface area contributed by atoms with Gasteiger partial charge in [-0.25, -0.2) is 9.59 Å². The van der Waals surface area contributed by atoms with Gasteiger partial charge in [0.15, 0.2) is 0 Å². The van der Waals surface area contributed by atoms with Crippen LogP contribution in [0.4, 0.5) is 4.79 Å². The van der Waals surface area contributed by atoms with Crippen LogP contribution in [0, 0.1) is 0 Å². The minimum absolute atomic E-state index is 0.172. The van der Waals surface area contributed by atoms with Crippen molar-refractivity contribution in [1.82, 2.24) is 10.2 Å². The first-order valence-corrected chi connectivity index (χ1v) is 8.27. The van der Waals surface area contributed by atoms with E-state index in [4.69, 9.17) is 0 Å². The van der Waals surface area contributed by atoms with E-state index < -0.39 is 11.5 Å². The van der Waals surface area contributed by atoms with Crippen LogP contribution in [0.25, 0.3) is 0 Å². The maximum atomic E-state index is 12.7. The van der Waals surface area contributed by atoms with Crippen molar-refractivity contribution in [3.8, 4) is 0 Å². The Morgan fingerprint density at radius 1 is 1.14 bits per heavy atom. The molecule has 1 heterocycles. The number of carboxylic acids is 1. The summed E-state index contributed by atoms with van der Waals surface area (Å²) in [4.78, 5) is 26.0. The monoisotopic (exact) mass is 296 g/mol. The number of hydrogen-bond acceptors (Lipinski definition) is 2. The molecular weight excluding hydrogens is 268 g/mol. The van der Waals surface area contributed by atoms with Crippen molar-refractivity contribution in [2.75, 3.05) is 6.54 Å². The second-order valence-electron chi connectivity index (χ2n) is 6.89. The Morgan fingerprint density at radius 2 is 1.81 bits per heavy atom. The molecule has 2 N–H and O–H groups in total. The van der Waals surface area contributed by atoms with Gasteiger partial charge in [0.1, 0.15) is 5.54 Å². The predicted molar refractivity (Wildman–Crippen MR) is 81.2 cm³/mol. The van der Waals surface area contributed by atoms with Crippen LogP contribution in [-0.4, -0.2) is 39.6 Å². The molecule has 0 aromatic carbocycles. The number of nitrogens with zero attached hydrogens (tertiary/aromatic N) is 1. The standard InChI is InChI=1S/C16H28N2O3/c1-3-8-16(13(19)20)11-7-12-18(16)14(21)17-15(2)9-5-4-6-10-15/h3-12H2,1-2H3,(H,17,21)(H,19,20). The average molecular weight is 296 g/mol. The van der Waals surface area contributed by atoms with Crippen LogP contribution >= 0.6 is 0 Å². The molecule has 1 atom stereocenters. The third kappa shape index (κ3) is 3.16. The molecule has 2 rings (SSSR count). The van der Waals surface area contributed by atoms with E-state index in [1.807, 2.05) is 6.92 Å². The lowest BCUT2D eigenvalue weighted by Crippen LogP contribution is -2.60. The molecule has 0 bridgehead atoms. The molecule has 5 nitrogen and oxygen atoms in total. The summed E-state index contributed by atoms with van der Waals surface area (Å²) in [6.45, 7) is 4.61. The highest BCUT2D eigenvalue weighted by molar-refractivity contribution is 5.87. The first kappa shape index (κ1) is 16.1. The number of carbonyl (C=O) groups is 2. The Balaban J connectivity index is 2.11. The Kier molecular flexibility index (Phi) is 4.79. The summed E-state index contributed by atoms with van der Waals surface area (Å²) < 4.78 is 0. The second kappa shape index (κ2) is 6.24. The molecule has 1 aliphatic carbocycles. The van der Waals surface area contributed by atoms with Crippen LogP contribution in [0.1, 0.15) is 71.6 Å². The SMILES string of the molecule is CCCC1(C(=O)O)CCCN1C(=O)NC1(C)CCCCC1. The zero-order valence-corrected chi connectivity index (χ0v) is 13.3. The molecule has 2 amide bonds. The molecule has 2 fully saturated rings. The maximum Gasteiger partial charge on any atom is 0.329 e. The Morgan fingerprint density at radius 3 is 2.38 bits per heavy atom. The third-order valence-electron chi connectivity index (χ3n) is 5.16. The number of nitrogens with one attached hydrogen (secondary N) is 1. The van der Waals surface area contributed by atoms with Gasteiger partial charge in [0.25, 0.3) is 0 Å². The number of rotatable bonds is 4. The van der Waals surface area contributed by atoms with Crippen molar-refractivity contribution in [1.29, 1.82) is 0 Å². The minimum atomic E-state index is -0.996. The second-order valence-corrected chi connectivity index (χ2v) is 6.89. The molecule has 2 aliphatic rings. The van der Waals surface area contributed by atoms with E-state index in [2.05, 4.69) is 12.2 Å². The summed E-state index contributed by atoms with van der Waals surface area (Å²) in [5.74, 6) is -0.856. The van der Waals surface area contributed by atoms with Gasteiger partial charge in [0, 0.05) is 12.1 Å². The molecule has 1 aliphatic heterocycles. The highest BCUT2D eigenvalue weighted by Crippen LogP contribution is 2.35. The van der Waals surface area contributed by atoms with Crippen molar-refractivity contribution in [2.24, 2.45) is 0 Å². The van der Waals surface area contributed by atoms with E-state index in [0.29, 0.717) is 19.4 Å². The molecular formula is C16H28N2O3. The summed E-state index contributed by atoms with van der Waals surface area (Å²) in [5, 5.41) is 12.8. The van der Waals surface area contributed by atoms with Gasteiger partial charge in [0.05, 0.1) is 0 Å². The number of carbonyl (C=O) groups excluding carboxylic acids is 1. The fraction of sp³-hybridized carbons (Fsp3) is 0.875. The molecule has 120 valence electrons. The van der Waals surface area contributed by atoms with Crippen LogP contribution in [0.5, 0.6) is 0 Å². The fourth-order valence-electron chi connectivity index (χ4n) is 3.96. The van der Waals surface area contributed by atoms with Gasteiger partial charge >= 0.3 is 12.0 Å². The molecule has 21 heavy (non-hydrogen) atoms. The lowest BCUT2D eigenvalue weighted by atomic mass is 9.83. The van der Waals surface area contributed by atoms with Crippen LogP contribution in [0.15, 0.2) is 0 Å². The van der Waals surface area contributed by atoms with Crippen LogP contribution in [-0.2, 0) is 4.79 Å². The Labute approximate surface area is 127 Å².